The fourth-order valence-electron chi connectivity index (χ4n) is 2.73. The van der Waals surface area contributed by atoms with E-state index >= 15 is 0 Å². The molecular formula is C15H32. The first-order valence-corrected chi connectivity index (χ1v) is 7.08. The molecule has 0 aliphatic heterocycles. The van der Waals surface area contributed by atoms with Gasteiger partial charge in [0.05, 0.1) is 0 Å². The van der Waals surface area contributed by atoms with E-state index in [2.05, 4.69) is 41.5 Å². The van der Waals surface area contributed by atoms with Gasteiger partial charge in [0.15, 0.2) is 0 Å². The van der Waals surface area contributed by atoms with E-state index in [1.54, 1.807) is 0 Å². The summed E-state index contributed by atoms with van der Waals surface area (Å²) in [6, 6.07) is 0. The zero-order valence-corrected chi connectivity index (χ0v) is 11.8. The molecule has 0 amide bonds. The Morgan fingerprint density at radius 1 is 0.733 bits per heavy atom. The maximum absolute atomic E-state index is 2.48. The molecule has 0 aromatic carbocycles. The summed E-state index contributed by atoms with van der Waals surface area (Å²) >= 11 is 0. The molecule has 0 fully saturated rings. The Morgan fingerprint density at radius 3 is 1.53 bits per heavy atom. The van der Waals surface area contributed by atoms with E-state index in [9.17, 15) is 0 Å². The lowest BCUT2D eigenvalue weighted by Gasteiger charge is -2.32. The van der Waals surface area contributed by atoms with Gasteiger partial charge in [-0.1, -0.05) is 73.6 Å². The van der Waals surface area contributed by atoms with E-state index in [1.165, 1.54) is 32.1 Å². The van der Waals surface area contributed by atoms with Gasteiger partial charge in [0.25, 0.3) is 0 Å². The standard InChI is InChI=1S/C15H32/c1-7-10-15(11-8-2)14(6)13(5)12(4)9-3/h12-15H,7-11H2,1-6H3. The first-order chi connectivity index (χ1) is 7.08. The van der Waals surface area contributed by atoms with Crippen molar-refractivity contribution in [1.29, 1.82) is 0 Å². The van der Waals surface area contributed by atoms with Gasteiger partial charge in [0.2, 0.25) is 0 Å². The Kier molecular flexibility index (Phi) is 8.19. The van der Waals surface area contributed by atoms with Gasteiger partial charge in [0, 0.05) is 0 Å². The van der Waals surface area contributed by atoms with Crippen LogP contribution in [0.1, 0.15) is 73.6 Å². The molecule has 0 aromatic rings. The third kappa shape index (κ3) is 5.04. The van der Waals surface area contributed by atoms with Crippen LogP contribution in [0.2, 0.25) is 0 Å². The highest BCUT2D eigenvalue weighted by atomic mass is 14.3. The van der Waals surface area contributed by atoms with E-state index in [-0.39, 0.29) is 0 Å². The molecule has 0 heteroatoms. The van der Waals surface area contributed by atoms with Crippen molar-refractivity contribution in [3.63, 3.8) is 0 Å². The van der Waals surface area contributed by atoms with Gasteiger partial charge in [-0.25, -0.2) is 0 Å². The van der Waals surface area contributed by atoms with Crippen molar-refractivity contribution in [3.8, 4) is 0 Å². The topological polar surface area (TPSA) is 0 Å². The summed E-state index contributed by atoms with van der Waals surface area (Å²) in [5.41, 5.74) is 0. The summed E-state index contributed by atoms with van der Waals surface area (Å²) < 4.78 is 0. The summed E-state index contributed by atoms with van der Waals surface area (Å²) in [5.74, 6) is 3.64. The zero-order chi connectivity index (χ0) is 11.8. The minimum Gasteiger partial charge on any atom is -0.0654 e. The third-order valence-corrected chi connectivity index (χ3v) is 4.43. The van der Waals surface area contributed by atoms with E-state index in [0.717, 1.165) is 23.7 Å². The van der Waals surface area contributed by atoms with Crippen LogP contribution in [0.15, 0.2) is 0 Å². The summed E-state index contributed by atoms with van der Waals surface area (Å²) in [7, 11) is 0. The molecule has 0 rings (SSSR count). The molecular weight excluding hydrogens is 180 g/mol. The quantitative estimate of drug-likeness (QED) is 0.497. The molecule has 3 unspecified atom stereocenters. The highest BCUT2D eigenvalue weighted by molar-refractivity contribution is 4.74. The molecule has 0 saturated carbocycles. The van der Waals surface area contributed by atoms with Crippen LogP contribution in [0.4, 0.5) is 0 Å². The van der Waals surface area contributed by atoms with Crippen LogP contribution in [0.5, 0.6) is 0 Å². The second-order valence-corrected chi connectivity index (χ2v) is 5.44. The van der Waals surface area contributed by atoms with Crippen molar-refractivity contribution in [1.82, 2.24) is 0 Å². The van der Waals surface area contributed by atoms with Crippen molar-refractivity contribution in [2.45, 2.75) is 73.6 Å². The van der Waals surface area contributed by atoms with E-state index in [1.807, 2.05) is 0 Å². The average Bonchev–Trinajstić information content (AvgIpc) is 2.25. The van der Waals surface area contributed by atoms with Gasteiger partial charge in [-0.2, -0.15) is 0 Å². The molecule has 0 aliphatic carbocycles. The van der Waals surface area contributed by atoms with Crippen LogP contribution < -0.4 is 0 Å². The SMILES string of the molecule is CCCC(CCC)C(C)C(C)C(C)CC. The van der Waals surface area contributed by atoms with Gasteiger partial charge < -0.3 is 0 Å². The van der Waals surface area contributed by atoms with Gasteiger partial charge in [-0.3, -0.25) is 0 Å². The minimum atomic E-state index is 0.885. The van der Waals surface area contributed by atoms with Crippen molar-refractivity contribution in [3.05, 3.63) is 0 Å². The summed E-state index contributed by atoms with van der Waals surface area (Å²) in [6.07, 6.45) is 6.88. The molecule has 0 spiro atoms. The second kappa shape index (κ2) is 8.19. The third-order valence-electron chi connectivity index (χ3n) is 4.43. The Morgan fingerprint density at radius 2 is 1.20 bits per heavy atom. The van der Waals surface area contributed by atoms with Crippen molar-refractivity contribution in [2.24, 2.45) is 23.7 Å². The minimum absolute atomic E-state index is 0.885. The molecule has 92 valence electrons. The van der Waals surface area contributed by atoms with Gasteiger partial charge in [0.1, 0.15) is 0 Å². The number of rotatable bonds is 8. The second-order valence-electron chi connectivity index (χ2n) is 5.44. The van der Waals surface area contributed by atoms with Crippen molar-refractivity contribution < 1.29 is 0 Å². The summed E-state index contributed by atoms with van der Waals surface area (Å²) in [6.45, 7) is 14.3. The molecule has 0 heterocycles. The lowest BCUT2D eigenvalue weighted by Crippen LogP contribution is -2.23. The summed E-state index contributed by atoms with van der Waals surface area (Å²) in [5, 5.41) is 0. The van der Waals surface area contributed by atoms with Crippen molar-refractivity contribution >= 4 is 0 Å². The lowest BCUT2D eigenvalue weighted by atomic mass is 9.74. The normalized spacial score (nSPS) is 17.8. The molecule has 3 atom stereocenters. The highest BCUT2D eigenvalue weighted by Gasteiger charge is 2.24. The molecule has 0 saturated heterocycles. The maximum Gasteiger partial charge on any atom is -0.0386 e. The first-order valence-electron chi connectivity index (χ1n) is 7.08. The fourth-order valence-corrected chi connectivity index (χ4v) is 2.73. The number of hydrogen-bond donors (Lipinski definition) is 0. The first kappa shape index (κ1) is 15.0. The van der Waals surface area contributed by atoms with Crippen LogP contribution in [0.25, 0.3) is 0 Å². The zero-order valence-electron chi connectivity index (χ0n) is 11.8. The van der Waals surface area contributed by atoms with Crippen LogP contribution in [0.3, 0.4) is 0 Å². The van der Waals surface area contributed by atoms with Crippen LogP contribution in [-0.2, 0) is 0 Å². The molecule has 0 aromatic heterocycles. The van der Waals surface area contributed by atoms with E-state index < -0.39 is 0 Å². The average molecular weight is 212 g/mol. The molecule has 0 bridgehead atoms. The molecule has 0 aliphatic rings. The summed E-state index contributed by atoms with van der Waals surface area (Å²) in [4.78, 5) is 0. The molecule has 0 radical (unpaired) electrons. The largest absolute Gasteiger partial charge is 0.0654 e. The Balaban J connectivity index is 4.26. The Hall–Kier alpha value is 0. The maximum atomic E-state index is 2.48. The van der Waals surface area contributed by atoms with Gasteiger partial charge >= 0.3 is 0 Å². The molecule has 0 N–H and O–H groups in total. The predicted molar refractivity (Wildman–Crippen MR) is 71.1 cm³/mol. The van der Waals surface area contributed by atoms with E-state index in [0.29, 0.717) is 0 Å². The Labute approximate surface area is 97.8 Å². The van der Waals surface area contributed by atoms with Crippen molar-refractivity contribution in [2.75, 3.05) is 0 Å². The van der Waals surface area contributed by atoms with Gasteiger partial charge in [-0.15, -0.1) is 0 Å². The predicted octanol–water partition coefficient (Wildman–Crippen LogP) is 5.52. The monoisotopic (exact) mass is 212 g/mol. The molecule has 0 nitrogen and oxygen atoms in total. The molecule has 15 heavy (non-hydrogen) atoms. The van der Waals surface area contributed by atoms with E-state index in [4.69, 9.17) is 0 Å². The van der Waals surface area contributed by atoms with Gasteiger partial charge in [-0.05, 0) is 23.7 Å². The van der Waals surface area contributed by atoms with Crippen LogP contribution >= 0.6 is 0 Å². The smallest absolute Gasteiger partial charge is 0.0386 e. The highest BCUT2D eigenvalue weighted by Crippen LogP contribution is 2.33. The van der Waals surface area contributed by atoms with Crippen LogP contribution in [-0.4, -0.2) is 0 Å². The Bertz CT molecular complexity index is 133. The van der Waals surface area contributed by atoms with Crippen LogP contribution in [0, 0.1) is 23.7 Å². The lowest BCUT2D eigenvalue weighted by molar-refractivity contribution is 0.179. The number of hydrogen-bond acceptors (Lipinski definition) is 0. The fraction of sp³-hybridized carbons (Fsp3) is 1.00.